The maximum Gasteiger partial charge on any atom is 0.292 e. The molecule has 0 aromatic heterocycles. The van der Waals surface area contributed by atoms with Gasteiger partial charge in [-0.15, -0.1) is 0 Å². The molecule has 0 fully saturated rings. The van der Waals surface area contributed by atoms with E-state index in [0.717, 1.165) is 16.7 Å². The van der Waals surface area contributed by atoms with E-state index in [-0.39, 0.29) is 17.0 Å². The van der Waals surface area contributed by atoms with Gasteiger partial charge in [0.25, 0.3) is 17.1 Å². The Bertz CT molecular complexity index is 944. The molecule has 0 radical (unpaired) electrons. The molecule has 9 heteroatoms. The molecule has 2 N–H and O–H groups in total. The number of thioether (sulfide) groups is 1. The third-order valence-corrected chi connectivity index (χ3v) is 5.08. The lowest BCUT2D eigenvalue weighted by Gasteiger charge is -2.30. The van der Waals surface area contributed by atoms with E-state index in [1.165, 1.54) is 9.91 Å². The van der Waals surface area contributed by atoms with Gasteiger partial charge in [-0.1, -0.05) is 18.2 Å². The summed E-state index contributed by atoms with van der Waals surface area (Å²) >= 11 is 1.10. The van der Waals surface area contributed by atoms with Crippen molar-refractivity contribution in [1.29, 1.82) is 0 Å². The van der Waals surface area contributed by atoms with Crippen molar-refractivity contribution < 1.29 is 14.4 Å². The molecule has 3 amide bonds. The normalized spacial score (nSPS) is 16.0. The zero-order valence-electron chi connectivity index (χ0n) is 16.2. The molecular weight excluding hydrogens is 390 g/mol. The number of carbonyl (C=O) groups excluding carboxylic acids is 3. The predicted octanol–water partition coefficient (Wildman–Crippen LogP) is 2.74. The predicted molar refractivity (Wildman–Crippen MR) is 114 cm³/mol. The number of aliphatic imine (C=N–C) groups is 1. The van der Waals surface area contributed by atoms with Gasteiger partial charge in [0.2, 0.25) is 5.84 Å². The van der Waals surface area contributed by atoms with E-state index >= 15 is 0 Å². The highest BCUT2D eigenvalue weighted by atomic mass is 32.2. The van der Waals surface area contributed by atoms with Crippen LogP contribution in [0, 0.1) is 0 Å². The van der Waals surface area contributed by atoms with Crippen LogP contribution in [0.4, 0.5) is 16.2 Å². The van der Waals surface area contributed by atoms with Gasteiger partial charge in [0.1, 0.15) is 6.04 Å². The van der Waals surface area contributed by atoms with Gasteiger partial charge >= 0.3 is 0 Å². The second-order valence-electron chi connectivity index (χ2n) is 6.52. The number of hydrazine groups is 1. The number of amides is 3. The molecule has 0 aliphatic carbocycles. The van der Waals surface area contributed by atoms with Gasteiger partial charge in [-0.05, 0) is 55.1 Å². The summed E-state index contributed by atoms with van der Waals surface area (Å²) in [6, 6.07) is 15.2. The van der Waals surface area contributed by atoms with Gasteiger partial charge in [0.05, 0.1) is 5.69 Å². The van der Waals surface area contributed by atoms with E-state index in [1.807, 2.05) is 6.07 Å². The Morgan fingerprint density at radius 3 is 2.38 bits per heavy atom. The largest absolute Gasteiger partial charge is 0.339 e. The average molecular weight is 411 g/mol. The second kappa shape index (κ2) is 8.78. The number of anilines is 2. The van der Waals surface area contributed by atoms with Crippen LogP contribution < -0.4 is 15.8 Å². The smallest absolute Gasteiger partial charge is 0.292 e. The van der Waals surface area contributed by atoms with Crippen LogP contribution in [0.1, 0.15) is 6.92 Å². The Kier molecular flexibility index (Phi) is 6.18. The first-order valence-corrected chi connectivity index (χ1v) is 9.71. The molecule has 1 aliphatic heterocycles. The van der Waals surface area contributed by atoms with Crippen LogP contribution in [0.25, 0.3) is 0 Å². The minimum Gasteiger partial charge on any atom is -0.339 e. The molecule has 0 saturated heterocycles. The number of rotatable bonds is 4. The Balaban J connectivity index is 1.69. The molecule has 150 valence electrons. The van der Waals surface area contributed by atoms with Gasteiger partial charge < -0.3 is 10.2 Å². The summed E-state index contributed by atoms with van der Waals surface area (Å²) in [6.07, 6.45) is 0. The van der Waals surface area contributed by atoms with E-state index in [0.29, 0.717) is 11.4 Å². The first-order valence-electron chi connectivity index (χ1n) is 8.89. The van der Waals surface area contributed by atoms with Crippen molar-refractivity contribution in [1.82, 2.24) is 10.3 Å². The number of hydrogen-bond donors (Lipinski definition) is 2. The second-order valence-corrected chi connectivity index (χ2v) is 7.54. The fourth-order valence-electron chi connectivity index (χ4n) is 2.49. The number of para-hydroxylation sites is 1. The Hall–Kier alpha value is -3.33. The van der Waals surface area contributed by atoms with Crippen molar-refractivity contribution in [2.24, 2.45) is 4.99 Å². The molecule has 29 heavy (non-hydrogen) atoms. The van der Waals surface area contributed by atoms with Crippen molar-refractivity contribution in [3.8, 4) is 0 Å². The van der Waals surface area contributed by atoms with Crippen LogP contribution in [0.2, 0.25) is 0 Å². The van der Waals surface area contributed by atoms with Crippen LogP contribution in [0.15, 0.2) is 64.5 Å². The monoisotopic (exact) mass is 411 g/mol. The summed E-state index contributed by atoms with van der Waals surface area (Å²) in [6.45, 7) is 1.64. The number of nitrogens with one attached hydrogen (secondary N) is 2. The van der Waals surface area contributed by atoms with Gasteiger partial charge in [-0.25, -0.2) is 10.0 Å². The van der Waals surface area contributed by atoms with Crippen molar-refractivity contribution in [2.45, 2.75) is 17.9 Å². The molecule has 1 heterocycles. The summed E-state index contributed by atoms with van der Waals surface area (Å²) in [5, 5.41) is 3.98. The lowest BCUT2D eigenvalue weighted by atomic mass is 10.2. The summed E-state index contributed by atoms with van der Waals surface area (Å²) in [4.78, 5) is 43.2. The Labute approximate surface area is 172 Å². The zero-order valence-corrected chi connectivity index (χ0v) is 17.1. The number of benzene rings is 2. The molecule has 0 bridgehead atoms. The van der Waals surface area contributed by atoms with Gasteiger partial charge in [-0.2, -0.15) is 0 Å². The van der Waals surface area contributed by atoms with E-state index in [9.17, 15) is 14.4 Å². The summed E-state index contributed by atoms with van der Waals surface area (Å²) in [5.41, 5.74) is 3.96. The Morgan fingerprint density at radius 2 is 1.76 bits per heavy atom. The topological polar surface area (TPSA) is 94.1 Å². The zero-order chi connectivity index (χ0) is 21.0. The molecule has 3 rings (SSSR count). The standard InChI is InChI=1S/C20H21N5O3S/c1-13-19(27)25(15-7-5-4-6-8-15)23-17(21-13)18(26)22-14-9-11-16(12-10-14)29-20(28)24(2)3/h4-13H,1-3H3,(H,21,23)(H,22,26). The van der Waals surface area contributed by atoms with Crippen LogP contribution in [0.5, 0.6) is 0 Å². The third-order valence-electron chi connectivity index (χ3n) is 4.03. The van der Waals surface area contributed by atoms with Gasteiger partial charge in [-0.3, -0.25) is 19.8 Å². The number of carbonyl (C=O) groups is 3. The van der Waals surface area contributed by atoms with E-state index in [4.69, 9.17) is 0 Å². The number of nitrogens with zero attached hydrogens (tertiary/aromatic N) is 3. The molecular formula is C20H21N5O3S. The molecule has 0 spiro atoms. The first-order chi connectivity index (χ1) is 13.8. The summed E-state index contributed by atoms with van der Waals surface area (Å²) in [5.74, 6) is -0.670. The Morgan fingerprint density at radius 1 is 1.10 bits per heavy atom. The molecule has 0 saturated carbocycles. The van der Waals surface area contributed by atoms with Crippen molar-refractivity contribution in [3.63, 3.8) is 0 Å². The van der Waals surface area contributed by atoms with Crippen molar-refractivity contribution >= 4 is 46.0 Å². The molecule has 8 nitrogen and oxygen atoms in total. The fourth-order valence-corrected chi connectivity index (χ4v) is 3.15. The highest BCUT2D eigenvalue weighted by Crippen LogP contribution is 2.22. The fraction of sp³-hybridized carbons (Fsp3) is 0.200. The molecule has 1 atom stereocenters. The summed E-state index contributed by atoms with van der Waals surface area (Å²) < 4.78 is 0. The highest BCUT2D eigenvalue weighted by molar-refractivity contribution is 8.13. The van der Waals surface area contributed by atoms with E-state index in [2.05, 4.69) is 15.7 Å². The SMILES string of the molecule is CC1N=C(C(=O)Nc2ccc(SC(=O)N(C)C)cc2)NN(c2ccccc2)C1=O. The maximum atomic E-state index is 12.6. The lowest BCUT2D eigenvalue weighted by Crippen LogP contribution is -2.57. The van der Waals surface area contributed by atoms with Crippen LogP contribution in [0.3, 0.4) is 0 Å². The molecule has 2 aromatic carbocycles. The van der Waals surface area contributed by atoms with Gasteiger partial charge in [0.15, 0.2) is 0 Å². The average Bonchev–Trinajstić information content (AvgIpc) is 2.71. The third kappa shape index (κ3) is 4.94. The van der Waals surface area contributed by atoms with E-state index < -0.39 is 11.9 Å². The lowest BCUT2D eigenvalue weighted by molar-refractivity contribution is -0.120. The van der Waals surface area contributed by atoms with E-state index in [1.54, 1.807) is 69.6 Å². The quantitative estimate of drug-likeness (QED) is 0.755. The summed E-state index contributed by atoms with van der Waals surface area (Å²) in [7, 11) is 3.37. The van der Waals surface area contributed by atoms with Gasteiger partial charge in [0, 0.05) is 24.7 Å². The van der Waals surface area contributed by atoms with Crippen molar-refractivity contribution in [2.75, 3.05) is 24.4 Å². The molecule has 1 unspecified atom stereocenters. The van der Waals surface area contributed by atoms with Crippen LogP contribution in [-0.4, -0.2) is 47.9 Å². The first kappa shape index (κ1) is 20.4. The molecule has 2 aromatic rings. The number of hydrogen-bond acceptors (Lipinski definition) is 6. The highest BCUT2D eigenvalue weighted by Gasteiger charge is 2.30. The maximum absolute atomic E-state index is 12.6. The van der Waals surface area contributed by atoms with Crippen LogP contribution in [-0.2, 0) is 9.59 Å². The minimum absolute atomic E-state index is 0.0437. The molecule has 1 aliphatic rings. The van der Waals surface area contributed by atoms with Crippen LogP contribution >= 0.6 is 11.8 Å². The number of amidine groups is 1. The minimum atomic E-state index is -0.687. The van der Waals surface area contributed by atoms with Crippen molar-refractivity contribution in [3.05, 3.63) is 54.6 Å².